The van der Waals surface area contributed by atoms with Gasteiger partial charge in [-0.3, -0.25) is 9.69 Å². The SMILES string of the molecule is COc1ccc(C(=O)N2CCN(CCOc3ccccc3Cl)CC2)cn1. The fraction of sp³-hybridized carbons (Fsp3) is 0.368. The molecule has 0 bridgehead atoms. The molecule has 7 heteroatoms. The van der Waals surface area contributed by atoms with Gasteiger partial charge in [-0.05, 0) is 18.2 Å². The maximum atomic E-state index is 12.5. The molecular formula is C19H22ClN3O3. The zero-order valence-electron chi connectivity index (χ0n) is 14.7. The van der Waals surface area contributed by atoms with Crippen LogP contribution in [0.4, 0.5) is 0 Å². The van der Waals surface area contributed by atoms with Crippen LogP contribution < -0.4 is 9.47 Å². The highest BCUT2D eigenvalue weighted by molar-refractivity contribution is 6.32. The molecule has 1 aliphatic heterocycles. The monoisotopic (exact) mass is 375 g/mol. The van der Waals surface area contributed by atoms with E-state index in [0.717, 1.165) is 19.6 Å². The number of rotatable bonds is 6. The summed E-state index contributed by atoms with van der Waals surface area (Å²) in [6.07, 6.45) is 1.56. The zero-order valence-corrected chi connectivity index (χ0v) is 15.5. The van der Waals surface area contributed by atoms with E-state index in [0.29, 0.717) is 41.9 Å². The van der Waals surface area contributed by atoms with Gasteiger partial charge >= 0.3 is 0 Å². The second kappa shape index (κ2) is 8.87. The number of carbonyl (C=O) groups is 1. The summed E-state index contributed by atoms with van der Waals surface area (Å²) in [5.41, 5.74) is 0.585. The van der Waals surface area contributed by atoms with Gasteiger partial charge in [-0.1, -0.05) is 23.7 Å². The first-order valence-corrected chi connectivity index (χ1v) is 8.94. The maximum absolute atomic E-state index is 12.5. The lowest BCUT2D eigenvalue weighted by atomic mass is 10.2. The minimum Gasteiger partial charge on any atom is -0.491 e. The van der Waals surface area contributed by atoms with Gasteiger partial charge in [-0.15, -0.1) is 0 Å². The van der Waals surface area contributed by atoms with Gasteiger partial charge in [0, 0.05) is 45.0 Å². The average Bonchev–Trinajstić information content (AvgIpc) is 2.69. The topological polar surface area (TPSA) is 54.9 Å². The molecule has 1 aliphatic rings. The number of amides is 1. The second-order valence-electron chi connectivity index (χ2n) is 6.00. The van der Waals surface area contributed by atoms with Crippen molar-refractivity contribution >= 4 is 17.5 Å². The number of piperazine rings is 1. The Morgan fingerprint density at radius 3 is 2.58 bits per heavy atom. The van der Waals surface area contributed by atoms with E-state index in [2.05, 4.69) is 9.88 Å². The molecule has 1 saturated heterocycles. The highest BCUT2D eigenvalue weighted by Crippen LogP contribution is 2.23. The Labute approximate surface area is 158 Å². The van der Waals surface area contributed by atoms with Gasteiger partial charge in [0.25, 0.3) is 5.91 Å². The van der Waals surface area contributed by atoms with Crippen LogP contribution in [-0.2, 0) is 0 Å². The number of nitrogens with zero attached hydrogens (tertiary/aromatic N) is 3. The normalized spacial score (nSPS) is 14.9. The molecule has 1 aromatic carbocycles. The number of halogens is 1. The van der Waals surface area contributed by atoms with Crippen LogP contribution in [0.25, 0.3) is 0 Å². The average molecular weight is 376 g/mol. The van der Waals surface area contributed by atoms with Crippen LogP contribution in [0.5, 0.6) is 11.6 Å². The summed E-state index contributed by atoms with van der Waals surface area (Å²) in [6, 6.07) is 10.9. The van der Waals surface area contributed by atoms with Crippen molar-refractivity contribution in [2.45, 2.75) is 0 Å². The van der Waals surface area contributed by atoms with Gasteiger partial charge in [0.05, 0.1) is 17.7 Å². The third-order valence-electron chi connectivity index (χ3n) is 4.35. The molecule has 138 valence electrons. The lowest BCUT2D eigenvalue weighted by molar-refractivity contribution is 0.0620. The molecule has 1 aromatic heterocycles. The molecule has 0 spiro atoms. The number of benzene rings is 1. The zero-order chi connectivity index (χ0) is 18.4. The van der Waals surface area contributed by atoms with Gasteiger partial charge in [0.1, 0.15) is 12.4 Å². The first-order chi connectivity index (χ1) is 12.7. The van der Waals surface area contributed by atoms with Crippen LogP contribution in [0.2, 0.25) is 5.02 Å². The maximum Gasteiger partial charge on any atom is 0.255 e. The van der Waals surface area contributed by atoms with Crippen molar-refractivity contribution in [1.82, 2.24) is 14.8 Å². The number of hydrogen-bond donors (Lipinski definition) is 0. The molecule has 1 fully saturated rings. The molecule has 6 nitrogen and oxygen atoms in total. The quantitative estimate of drug-likeness (QED) is 0.776. The summed E-state index contributed by atoms with van der Waals surface area (Å²) >= 11 is 6.08. The summed E-state index contributed by atoms with van der Waals surface area (Å²) in [7, 11) is 1.55. The fourth-order valence-corrected chi connectivity index (χ4v) is 3.02. The number of para-hydroxylation sites is 1. The minimum atomic E-state index is 0.00659. The van der Waals surface area contributed by atoms with Crippen molar-refractivity contribution in [3.63, 3.8) is 0 Å². The molecule has 3 rings (SSSR count). The van der Waals surface area contributed by atoms with Crippen molar-refractivity contribution in [1.29, 1.82) is 0 Å². The minimum absolute atomic E-state index is 0.00659. The Bertz CT molecular complexity index is 731. The summed E-state index contributed by atoms with van der Waals surface area (Å²) < 4.78 is 10.8. The molecule has 26 heavy (non-hydrogen) atoms. The Morgan fingerprint density at radius 2 is 1.92 bits per heavy atom. The highest BCUT2D eigenvalue weighted by atomic mass is 35.5. The summed E-state index contributed by atoms with van der Waals surface area (Å²) in [4.78, 5) is 20.8. The van der Waals surface area contributed by atoms with Crippen LogP contribution in [0.3, 0.4) is 0 Å². The number of hydrogen-bond acceptors (Lipinski definition) is 5. The van der Waals surface area contributed by atoms with Gasteiger partial charge in [0.2, 0.25) is 5.88 Å². The molecule has 0 radical (unpaired) electrons. The molecule has 0 atom stereocenters. The molecule has 2 aromatic rings. The smallest absolute Gasteiger partial charge is 0.255 e. The highest BCUT2D eigenvalue weighted by Gasteiger charge is 2.22. The van der Waals surface area contributed by atoms with Crippen molar-refractivity contribution < 1.29 is 14.3 Å². The molecule has 0 N–H and O–H groups in total. The van der Waals surface area contributed by atoms with E-state index in [1.54, 1.807) is 25.4 Å². The van der Waals surface area contributed by atoms with Crippen LogP contribution in [0, 0.1) is 0 Å². The van der Waals surface area contributed by atoms with Gasteiger partial charge in [-0.2, -0.15) is 0 Å². The standard InChI is InChI=1S/C19H22ClN3O3/c1-25-18-7-6-15(14-21-18)19(24)23-10-8-22(9-11-23)12-13-26-17-5-3-2-4-16(17)20/h2-7,14H,8-13H2,1H3. The molecule has 0 saturated carbocycles. The van der Waals surface area contributed by atoms with E-state index in [1.165, 1.54) is 0 Å². The summed E-state index contributed by atoms with van der Waals surface area (Å²) in [5.74, 6) is 1.21. The van der Waals surface area contributed by atoms with Crippen molar-refractivity contribution in [3.8, 4) is 11.6 Å². The number of carbonyl (C=O) groups excluding carboxylic acids is 1. The summed E-state index contributed by atoms with van der Waals surface area (Å²) in [6.45, 7) is 4.40. The van der Waals surface area contributed by atoms with Gasteiger partial charge < -0.3 is 14.4 Å². The number of pyridine rings is 1. The Hall–Kier alpha value is -2.31. The van der Waals surface area contributed by atoms with E-state index in [1.807, 2.05) is 29.2 Å². The van der Waals surface area contributed by atoms with Crippen LogP contribution in [-0.4, -0.2) is 67.1 Å². The van der Waals surface area contributed by atoms with Gasteiger partial charge in [-0.25, -0.2) is 4.98 Å². The van der Waals surface area contributed by atoms with E-state index in [9.17, 15) is 4.79 Å². The molecular weight excluding hydrogens is 354 g/mol. The largest absolute Gasteiger partial charge is 0.491 e. The van der Waals surface area contributed by atoms with Crippen molar-refractivity contribution in [2.75, 3.05) is 46.4 Å². The lowest BCUT2D eigenvalue weighted by Crippen LogP contribution is -2.49. The van der Waals surface area contributed by atoms with Crippen LogP contribution in [0.1, 0.15) is 10.4 Å². The predicted molar refractivity (Wildman–Crippen MR) is 100 cm³/mol. The fourth-order valence-electron chi connectivity index (χ4n) is 2.83. The van der Waals surface area contributed by atoms with E-state index in [4.69, 9.17) is 21.1 Å². The second-order valence-corrected chi connectivity index (χ2v) is 6.41. The molecule has 0 unspecified atom stereocenters. The Morgan fingerprint density at radius 1 is 1.15 bits per heavy atom. The molecule has 1 amide bonds. The number of aromatic nitrogens is 1. The Kier molecular flexibility index (Phi) is 6.30. The molecule has 0 aliphatic carbocycles. The Balaban J connectivity index is 1.43. The first-order valence-electron chi connectivity index (χ1n) is 8.56. The number of methoxy groups -OCH3 is 1. The first kappa shape index (κ1) is 18.5. The van der Waals surface area contributed by atoms with Crippen LogP contribution >= 0.6 is 11.6 Å². The van der Waals surface area contributed by atoms with Crippen molar-refractivity contribution in [3.05, 3.63) is 53.2 Å². The third kappa shape index (κ3) is 4.65. The lowest BCUT2D eigenvalue weighted by Gasteiger charge is -2.34. The molecule has 2 heterocycles. The van der Waals surface area contributed by atoms with E-state index in [-0.39, 0.29) is 5.91 Å². The van der Waals surface area contributed by atoms with E-state index < -0.39 is 0 Å². The van der Waals surface area contributed by atoms with Crippen LogP contribution in [0.15, 0.2) is 42.6 Å². The third-order valence-corrected chi connectivity index (χ3v) is 4.67. The van der Waals surface area contributed by atoms with E-state index >= 15 is 0 Å². The van der Waals surface area contributed by atoms with Crippen molar-refractivity contribution in [2.24, 2.45) is 0 Å². The summed E-state index contributed by atoms with van der Waals surface area (Å²) in [5, 5.41) is 0.621. The van der Waals surface area contributed by atoms with Gasteiger partial charge in [0.15, 0.2) is 0 Å². The number of ether oxygens (including phenoxy) is 2. The predicted octanol–water partition coefficient (Wildman–Crippen LogP) is 2.58.